The Balaban J connectivity index is 1.45. The minimum absolute atomic E-state index is 0.120. The quantitative estimate of drug-likeness (QED) is 0.292. The van der Waals surface area contributed by atoms with Gasteiger partial charge in [-0.05, 0) is 31.1 Å². The van der Waals surface area contributed by atoms with Crippen molar-refractivity contribution in [1.29, 1.82) is 0 Å². The molecule has 3 heterocycles. The van der Waals surface area contributed by atoms with Gasteiger partial charge in [-0.25, -0.2) is 9.97 Å². The third kappa shape index (κ3) is 4.81. The van der Waals surface area contributed by atoms with E-state index in [2.05, 4.69) is 20.9 Å². The van der Waals surface area contributed by atoms with E-state index < -0.39 is 0 Å². The average molecular weight is 434 g/mol. The number of carbonyl (C=O) groups is 1. The highest BCUT2D eigenvalue weighted by Crippen LogP contribution is 2.29. The third-order valence-electron chi connectivity index (χ3n) is 5.30. The SMILES string of the molecule is COCCc1nc2c(N)nc3ccccc3c2n1CCCCNC(=O)/C=C/c1ccoc1. The standard InChI is InChI=1S/C24H27N5O3/c1-31-14-11-20-28-22-23(18-6-2-3-7-19(18)27-24(22)25)29(20)13-5-4-12-26-21(30)9-8-17-10-15-32-16-17/h2-3,6-10,15-16H,4-5,11-14H2,1H3,(H2,25,27)(H,26,30)/b9-8+. The Morgan fingerprint density at radius 1 is 1.25 bits per heavy atom. The summed E-state index contributed by atoms with van der Waals surface area (Å²) in [6.45, 7) is 1.94. The van der Waals surface area contributed by atoms with E-state index in [-0.39, 0.29) is 5.91 Å². The first-order valence-corrected chi connectivity index (χ1v) is 10.7. The number of anilines is 1. The van der Waals surface area contributed by atoms with Gasteiger partial charge in [0.05, 0.1) is 30.2 Å². The number of nitrogens with one attached hydrogen (secondary N) is 1. The van der Waals surface area contributed by atoms with Crippen LogP contribution in [-0.4, -0.2) is 40.7 Å². The molecule has 0 bridgehead atoms. The maximum Gasteiger partial charge on any atom is 0.244 e. The normalized spacial score (nSPS) is 11.7. The molecule has 0 spiro atoms. The maximum atomic E-state index is 12.0. The van der Waals surface area contributed by atoms with Gasteiger partial charge < -0.3 is 24.8 Å². The van der Waals surface area contributed by atoms with Gasteiger partial charge in [0.25, 0.3) is 0 Å². The summed E-state index contributed by atoms with van der Waals surface area (Å²) in [6, 6.07) is 9.76. The summed E-state index contributed by atoms with van der Waals surface area (Å²) >= 11 is 0. The Hall–Kier alpha value is -3.65. The number of amides is 1. The van der Waals surface area contributed by atoms with Gasteiger partial charge in [-0.1, -0.05) is 18.2 Å². The molecule has 0 aliphatic rings. The van der Waals surface area contributed by atoms with Gasteiger partial charge >= 0.3 is 0 Å². The zero-order chi connectivity index (χ0) is 22.3. The number of methoxy groups -OCH3 is 1. The molecular formula is C24H27N5O3. The number of ether oxygens (including phenoxy) is 1. The van der Waals surface area contributed by atoms with Gasteiger partial charge in [0.1, 0.15) is 11.3 Å². The molecule has 0 saturated carbocycles. The molecule has 4 aromatic rings. The summed E-state index contributed by atoms with van der Waals surface area (Å²) in [4.78, 5) is 21.3. The van der Waals surface area contributed by atoms with Crippen LogP contribution in [0, 0.1) is 0 Å². The molecule has 8 nitrogen and oxygen atoms in total. The summed E-state index contributed by atoms with van der Waals surface area (Å²) in [5, 5.41) is 3.95. The van der Waals surface area contributed by atoms with Crippen LogP contribution in [0.4, 0.5) is 5.82 Å². The number of fused-ring (bicyclic) bond motifs is 3. The predicted molar refractivity (Wildman–Crippen MR) is 125 cm³/mol. The minimum atomic E-state index is -0.120. The van der Waals surface area contributed by atoms with E-state index >= 15 is 0 Å². The number of nitrogens with two attached hydrogens (primary N) is 1. The maximum absolute atomic E-state index is 12.0. The molecule has 0 aliphatic heterocycles. The van der Waals surface area contributed by atoms with Crippen LogP contribution in [0.3, 0.4) is 0 Å². The number of benzene rings is 1. The summed E-state index contributed by atoms with van der Waals surface area (Å²) in [5.74, 6) is 1.25. The molecule has 166 valence electrons. The van der Waals surface area contributed by atoms with Crippen LogP contribution in [0.1, 0.15) is 24.2 Å². The Morgan fingerprint density at radius 3 is 2.94 bits per heavy atom. The van der Waals surface area contributed by atoms with Crippen molar-refractivity contribution in [2.45, 2.75) is 25.8 Å². The van der Waals surface area contributed by atoms with E-state index in [0.29, 0.717) is 25.4 Å². The number of rotatable bonds is 10. The second-order valence-electron chi connectivity index (χ2n) is 7.52. The predicted octanol–water partition coefficient (Wildman–Crippen LogP) is 3.56. The number of aromatic nitrogens is 3. The van der Waals surface area contributed by atoms with Crippen LogP contribution < -0.4 is 11.1 Å². The topological polar surface area (TPSA) is 108 Å². The number of unbranched alkanes of at least 4 members (excludes halogenated alkanes) is 1. The lowest BCUT2D eigenvalue weighted by atomic mass is 10.2. The summed E-state index contributed by atoms with van der Waals surface area (Å²) < 4.78 is 12.5. The molecule has 1 amide bonds. The van der Waals surface area contributed by atoms with Crippen molar-refractivity contribution in [3.63, 3.8) is 0 Å². The van der Waals surface area contributed by atoms with Crippen LogP contribution in [0.2, 0.25) is 0 Å². The number of hydrogen-bond donors (Lipinski definition) is 2. The van der Waals surface area contributed by atoms with Gasteiger partial charge in [-0.2, -0.15) is 0 Å². The van der Waals surface area contributed by atoms with Gasteiger partial charge in [0.15, 0.2) is 5.82 Å². The molecule has 32 heavy (non-hydrogen) atoms. The zero-order valence-corrected chi connectivity index (χ0v) is 18.1. The number of para-hydroxylation sites is 1. The molecule has 3 aromatic heterocycles. The Kier molecular flexibility index (Phi) is 6.81. The van der Waals surface area contributed by atoms with Crippen molar-refractivity contribution >= 4 is 39.7 Å². The largest absolute Gasteiger partial charge is 0.472 e. The van der Waals surface area contributed by atoms with Crippen molar-refractivity contribution in [1.82, 2.24) is 19.9 Å². The monoisotopic (exact) mass is 433 g/mol. The highest BCUT2D eigenvalue weighted by molar-refractivity contribution is 6.06. The lowest BCUT2D eigenvalue weighted by molar-refractivity contribution is -0.116. The molecular weight excluding hydrogens is 406 g/mol. The van der Waals surface area contributed by atoms with Crippen molar-refractivity contribution in [2.24, 2.45) is 0 Å². The summed E-state index contributed by atoms with van der Waals surface area (Å²) in [5.41, 5.74) is 9.68. The average Bonchev–Trinajstić information content (AvgIpc) is 3.45. The molecule has 8 heteroatoms. The minimum Gasteiger partial charge on any atom is -0.472 e. The molecule has 1 aromatic carbocycles. The first-order chi connectivity index (χ1) is 15.7. The van der Waals surface area contributed by atoms with Crippen LogP contribution in [0.15, 0.2) is 53.4 Å². The van der Waals surface area contributed by atoms with E-state index in [4.69, 9.17) is 19.9 Å². The molecule has 0 unspecified atom stereocenters. The van der Waals surface area contributed by atoms with E-state index in [1.165, 1.54) is 6.08 Å². The van der Waals surface area contributed by atoms with Gasteiger partial charge in [-0.15, -0.1) is 0 Å². The zero-order valence-electron chi connectivity index (χ0n) is 18.1. The number of nitrogen functional groups attached to an aromatic ring is 1. The van der Waals surface area contributed by atoms with E-state index in [1.54, 1.807) is 31.8 Å². The molecule has 0 saturated heterocycles. The van der Waals surface area contributed by atoms with Crippen molar-refractivity contribution in [3.8, 4) is 0 Å². The smallest absolute Gasteiger partial charge is 0.244 e. The van der Waals surface area contributed by atoms with E-state index in [0.717, 1.165) is 52.7 Å². The first kappa shape index (κ1) is 21.6. The number of imidazole rings is 1. The number of pyridine rings is 1. The fourth-order valence-corrected chi connectivity index (χ4v) is 3.74. The second kappa shape index (κ2) is 10.1. The lowest BCUT2D eigenvalue weighted by Crippen LogP contribution is -2.22. The summed E-state index contributed by atoms with van der Waals surface area (Å²) in [7, 11) is 1.68. The number of nitrogens with zero attached hydrogens (tertiary/aromatic N) is 3. The summed E-state index contributed by atoms with van der Waals surface area (Å²) in [6.07, 6.45) is 8.81. The Labute approximate surface area is 186 Å². The first-order valence-electron chi connectivity index (χ1n) is 10.7. The van der Waals surface area contributed by atoms with Crippen molar-refractivity contribution < 1.29 is 13.9 Å². The van der Waals surface area contributed by atoms with Gasteiger partial charge in [0, 0.05) is 43.6 Å². The molecule has 0 atom stereocenters. The highest BCUT2D eigenvalue weighted by Gasteiger charge is 2.16. The van der Waals surface area contributed by atoms with Crippen LogP contribution >= 0.6 is 0 Å². The molecule has 0 fully saturated rings. The van der Waals surface area contributed by atoms with Crippen molar-refractivity contribution in [3.05, 3.63) is 60.3 Å². The fraction of sp³-hybridized carbons (Fsp3) is 0.292. The second-order valence-corrected chi connectivity index (χ2v) is 7.52. The van der Waals surface area contributed by atoms with E-state index in [9.17, 15) is 4.79 Å². The molecule has 4 rings (SSSR count). The highest BCUT2D eigenvalue weighted by atomic mass is 16.5. The Bertz CT molecular complexity index is 1230. The molecule has 0 radical (unpaired) electrons. The Morgan fingerprint density at radius 2 is 2.12 bits per heavy atom. The van der Waals surface area contributed by atoms with Gasteiger partial charge in [0.2, 0.25) is 5.91 Å². The van der Waals surface area contributed by atoms with E-state index in [1.807, 2.05) is 18.2 Å². The van der Waals surface area contributed by atoms with Crippen molar-refractivity contribution in [2.75, 3.05) is 26.0 Å². The molecule has 0 aliphatic carbocycles. The number of furan rings is 1. The third-order valence-corrected chi connectivity index (χ3v) is 5.30. The number of hydrogen-bond acceptors (Lipinski definition) is 6. The fourth-order valence-electron chi connectivity index (χ4n) is 3.74. The number of aryl methyl sites for hydroxylation is 1. The number of carbonyl (C=O) groups excluding carboxylic acids is 1. The van der Waals surface area contributed by atoms with Crippen LogP contribution in [-0.2, 0) is 22.5 Å². The molecule has 3 N–H and O–H groups in total. The van der Waals surface area contributed by atoms with Crippen LogP contribution in [0.5, 0.6) is 0 Å². The van der Waals surface area contributed by atoms with Crippen LogP contribution in [0.25, 0.3) is 28.0 Å². The lowest BCUT2D eigenvalue weighted by Gasteiger charge is -2.11. The van der Waals surface area contributed by atoms with Gasteiger partial charge in [-0.3, -0.25) is 4.79 Å².